The van der Waals surface area contributed by atoms with Crippen LogP contribution >= 0.6 is 0 Å². The molecule has 3 aromatic heterocycles. The van der Waals surface area contributed by atoms with Gasteiger partial charge in [0.1, 0.15) is 5.82 Å². The Kier molecular flexibility index (Phi) is 3.20. The van der Waals surface area contributed by atoms with Crippen molar-refractivity contribution in [2.24, 2.45) is 0 Å². The first-order valence-electron chi connectivity index (χ1n) is 7.30. The van der Waals surface area contributed by atoms with Crippen molar-refractivity contribution in [1.29, 1.82) is 0 Å². The van der Waals surface area contributed by atoms with E-state index >= 15 is 0 Å². The van der Waals surface area contributed by atoms with E-state index < -0.39 is 10.0 Å². The van der Waals surface area contributed by atoms with Crippen LogP contribution in [0.15, 0.2) is 24.7 Å². The summed E-state index contributed by atoms with van der Waals surface area (Å²) in [5, 5.41) is 10.2. The van der Waals surface area contributed by atoms with Crippen molar-refractivity contribution in [3.63, 3.8) is 0 Å². The van der Waals surface area contributed by atoms with Crippen LogP contribution in [0.4, 0.5) is 5.82 Å². The molecule has 9 heteroatoms. The number of H-pyrrole nitrogens is 1. The number of aromatic amines is 1. The summed E-state index contributed by atoms with van der Waals surface area (Å²) < 4.78 is 25.5. The minimum Gasteiger partial charge on any atom is -0.355 e. The number of hydrogen-bond acceptors (Lipinski definition) is 6. The van der Waals surface area contributed by atoms with Gasteiger partial charge < -0.3 is 4.90 Å². The molecule has 1 fully saturated rings. The van der Waals surface area contributed by atoms with Crippen molar-refractivity contribution in [3.8, 4) is 0 Å². The Morgan fingerprint density at radius 2 is 2.22 bits per heavy atom. The predicted octanol–water partition coefficient (Wildman–Crippen LogP) is 0.634. The Hall–Kier alpha value is -2.26. The molecule has 8 nitrogen and oxygen atoms in total. The van der Waals surface area contributed by atoms with Crippen LogP contribution in [0.5, 0.6) is 0 Å². The lowest BCUT2D eigenvalue weighted by atomic mass is 10.1. The van der Waals surface area contributed by atoms with Gasteiger partial charge in [-0.05, 0) is 12.5 Å². The van der Waals surface area contributed by atoms with Crippen LogP contribution in [0.2, 0.25) is 0 Å². The zero-order valence-corrected chi connectivity index (χ0v) is 13.3. The van der Waals surface area contributed by atoms with Gasteiger partial charge in [-0.1, -0.05) is 0 Å². The van der Waals surface area contributed by atoms with Crippen molar-refractivity contribution in [2.75, 3.05) is 24.2 Å². The third-order valence-corrected chi connectivity index (χ3v) is 4.82. The van der Waals surface area contributed by atoms with E-state index in [0.29, 0.717) is 12.2 Å². The van der Waals surface area contributed by atoms with E-state index in [2.05, 4.69) is 29.8 Å². The molecule has 4 heterocycles. The first kappa shape index (κ1) is 14.3. The molecule has 0 spiro atoms. The summed E-state index contributed by atoms with van der Waals surface area (Å²) in [6, 6.07) is 1.84. The summed E-state index contributed by atoms with van der Waals surface area (Å²) in [5.41, 5.74) is 0.698. The Bertz CT molecular complexity index is 983. The highest BCUT2D eigenvalue weighted by molar-refractivity contribution is 7.88. The summed E-state index contributed by atoms with van der Waals surface area (Å²) in [7, 11) is -3.20. The lowest BCUT2D eigenvalue weighted by Gasteiger charge is -2.20. The predicted molar refractivity (Wildman–Crippen MR) is 87.8 cm³/mol. The molecule has 2 N–H and O–H groups in total. The Balaban J connectivity index is 1.76. The van der Waals surface area contributed by atoms with Crippen LogP contribution in [0, 0.1) is 0 Å². The van der Waals surface area contributed by atoms with Crippen LogP contribution in [0.25, 0.3) is 21.8 Å². The molecule has 1 aliphatic rings. The Labute approximate surface area is 133 Å². The lowest BCUT2D eigenvalue weighted by molar-refractivity contribution is 0.567. The quantitative estimate of drug-likeness (QED) is 0.729. The molecule has 4 rings (SSSR count). The van der Waals surface area contributed by atoms with Gasteiger partial charge in [0.15, 0.2) is 5.65 Å². The molecule has 1 unspecified atom stereocenters. The van der Waals surface area contributed by atoms with Crippen LogP contribution in [-0.4, -0.2) is 54.0 Å². The third kappa shape index (κ3) is 2.62. The summed E-state index contributed by atoms with van der Waals surface area (Å²) in [5.74, 6) is 0.876. The molecule has 120 valence electrons. The second-order valence-electron chi connectivity index (χ2n) is 5.81. The maximum atomic E-state index is 11.4. The van der Waals surface area contributed by atoms with Crippen molar-refractivity contribution in [1.82, 2.24) is 24.9 Å². The molecule has 0 aromatic carbocycles. The molecule has 0 amide bonds. The number of pyridine rings is 1. The van der Waals surface area contributed by atoms with Crippen LogP contribution in [-0.2, 0) is 10.0 Å². The van der Waals surface area contributed by atoms with Crippen molar-refractivity contribution < 1.29 is 8.42 Å². The van der Waals surface area contributed by atoms with Crippen LogP contribution in [0.1, 0.15) is 6.42 Å². The maximum absolute atomic E-state index is 11.4. The van der Waals surface area contributed by atoms with Crippen molar-refractivity contribution >= 4 is 37.6 Å². The minimum absolute atomic E-state index is 0.0937. The van der Waals surface area contributed by atoms with Crippen molar-refractivity contribution in [3.05, 3.63) is 24.7 Å². The van der Waals surface area contributed by atoms with E-state index in [1.54, 1.807) is 18.6 Å². The Morgan fingerprint density at radius 1 is 1.35 bits per heavy atom. The highest BCUT2D eigenvalue weighted by Crippen LogP contribution is 2.31. The maximum Gasteiger partial charge on any atom is 0.209 e. The fourth-order valence-electron chi connectivity index (χ4n) is 3.15. The number of hydrogen-bond donors (Lipinski definition) is 2. The molecule has 3 aromatic rings. The average molecular weight is 332 g/mol. The standard InChI is InChI=1S/C14H16N6O2S/c1-23(21,22)19-10-3-5-20(8-10)14-12-9(7-17-18-14)6-16-13-11(12)2-4-15-13/h2,4,6-7,10,18-19H,3,5,8H2,1H3. The van der Waals surface area contributed by atoms with Gasteiger partial charge in [-0.25, -0.2) is 23.1 Å². The number of nitrogens with zero attached hydrogens (tertiary/aromatic N) is 4. The zero-order chi connectivity index (χ0) is 16.0. The first-order valence-corrected chi connectivity index (χ1v) is 9.19. The molecule has 0 aliphatic carbocycles. The van der Waals surface area contributed by atoms with E-state index in [1.807, 2.05) is 6.07 Å². The molecule has 0 saturated carbocycles. The van der Waals surface area contributed by atoms with Gasteiger partial charge in [-0.15, -0.1) is 0 Å². The monoisotopic (exact) mass is 332 g/mol. The van der Waals surface area contributed by atoms with Crippen molar-refractivity contribution in [2.45, 2.75) is 12.5 Å². The third-order valence-electron chi connectivity index (χ3n) is 4.06. The molecular weight excluding hydrogens is 316 g/mol. The largest absolute Gasteiger partial charge is 0.355 e. The van der Waals surface area contributed by atoms with Gasteiger partial charge in [-0.3, -0.25) is 5.10 Å². The van der Waals surface area contributed by atoms with Gasteiger partial charge >= 0.3 is 0 Å². The number of fused-ring (bicyclic) bond motifs is 3. The van der Waals surface area contributed by atoms with Crippen LogP contribution in [0.3, 0.4) is 0 Å². The fourth-order valence-corrected chi connectivity index (χ4v) is 3.95. The SMILES string of the molecule is CS(=O)(=O)NC1CCN(c2[nH]ncc3cnc4nccc4c23)C1. The Morgan fingerprint density at radius 3 is 3.04 bits per heavy atom. The van der Waals surface area contributed by atoms with E-state index in [1.165, 1.54) is 6.26 Å². The zero-order valence-electron chi connectivity index (χ0n) is 12.5. The minimum atomic E-state index is -3.20. The average Bonchev–Trinajstić information content (AvgIpc) is 3.13. The van der Waals surface area contributed by atoms with Crippen LogP contribution < -0.4 is 9.62 Å². The molecule has 0 radical (unpaired) electrons. The molecule has 1 atom stereocenters. The summed E-state index contributed by atoms with van der Waals surface area (Å²) in [6.07, 6.45) is 7.17. The summed E-state index contributed by atoms with van der Waals surface area (Å²) in [4.78, 5) is 10.7. The fraction of sp³-hybridized carbons (Fsp3) is 0.357. The number of rotatable bonds is 3. The second-order valence-corrected chi connectivity index (χ2v) is 7.59. The van der Waals surface area contributed by atoms with E-state index in [9.17, 15) is 8.42 Å². The van der Waals surface area contributed by atoms with Gasteiger partial charge in [-0.2, -0.15) is 5.10 Å². The smallest absolute Gasteiger partial charge is 0.209 e. The van der Waals surface area contributed by atoms with Gasteiger partial charge in [0.2, 0.25) is 10.0 Å². The number of aromatic nitrogens is 4. The highest BCUT2D eigenvalue weighted by atomic mass is 32.2. The van der Waals surface area contributed by atoms with Gasteiger partial charge in [0.05, 0.1) is 12.5 Å². The highest BCUT2D eigenvalue weighted by Gasteiger charge is 2.27. The lowest BCUT2D eigenvalue weighted by Crippen LogP contribution is -2.36. The second kappa shape index (κ2) is 5.14. The molecule has 1 aliphatic heterocycles. The molecular formula is C14H16N6O2S. The number of sulfonamides is 1. The molecule has 0 bridgehead atoms. The van der Waals surface area contributed by atoms with E-state index in [-0.39, 0.29) is 6.04 Å². The van der Waals surface area contributed by atoms with Gasteiger partial charge in [0.25, 0.3) is 0 Å². The molecule has 23 heavy (non-hydrogen) atoms. The first-order chi connectivity index (χ1) is 11.0. The summed E-state index contributed by atoms with van der Waals surface area (Å²) >= 11 is 0. The number of anilines is 1. The van der Waals surface area contributed by atoms with E-state index in [4.69, 9.17) is 0 Å². The normalized spacial score (nSPS) is 19.0. The summed E-state index contributed by atoms with van der Waals surface area (Å²) in [6.45, 7) is 1.35. The van der Waals surface area contributed by atoms with E-state index in [0.717, 1.165) is 34.9 Å². The number of nitrogens with one attached hydrogen (secondary N) is 2. The van der Waals surface area contributed by atoms with Gasteiger partial charge in [0, 0.05) is 47.7 Å². The topological polar surface area (TPSA) is 104 Å². The molecule has 1 saturated heterocycles.